The summed E-state index contributed by atoms with van der Waals surface area (Å²) < 4.78 is 13.3. The molecule has 0 radical (unpaired) electrons. The average Bonchev–Trinajstić information content (AvgIpc) is 2.16. The third kappa shape index (κ3) is 1.55. The van der Waals surface area contributed by atoms with Crippen molar-refractivity contribution in [2.24, 2.45) is 0 Å². The van der Waals surface area contributed by atoms with Gasteiger partial charge in [-0.15, -0.1) is 0 Å². The number of rotatable bonds is 2. The van der Waals surface area contributed by atoms with Crippen LogP contribution in [-0.2, 0) is 5.41 Å². The summed E-state index contributed by atoms with van der Waals surface area (Å²) >= 11 is 0. The molecule has 1 aliphatic carbocycles. The highest BCUT2D eigenvalue weighted by Crippen LogP contribution is 2.46. The second-order valence-electron chi connectivity index (χ2n) is 4.60. The van der Waals surface area contributed by atoms with Crippen LogP contribution >= 0.6 is 0 Å². The van der Waals surface area contributed by atoms with Crippen LogP contribution in [0.15, 0.2) is 18.2 Å². The van der Waals surface area contributed by atoms with Crippen LogP contribution in [0.1, 0.15) is 24.8 Å². The van der Waals surface area contributed by atoms with Crippen LogP contribution in [0, 0.1) is 17.1 Å². The Morgan fingerprint density at radius 3 is 2.50 bits per heavy atom. The van der Waals surface area contributed by atoms with Crippen molar-refractivity contribution < 1.29 is 4.39 Å². The maximum atomic E-state index is 13.3. The van der Waals surface area contributed by atoms with Crippen LogP contribution < -0.4 is 4.90 Å². The molecule has 1 aromatic carbocycles. The number of hydrogen-bond donors (Lipinski definition) is 0. The van der Waals surface area contributed by atoms with E-state index in [1.54, 1.807) is 6.07 Å². The van der Waals surface area contributed by atoms with E-state index in [4.69, 9.17) is 0 Å². The van der Waals surface area contributed by atoms with Gasteiger partial charge >= 0.3 is 0 Å². The third-order valence-electron chi connectivity index (χ3n) is 3.38. The van der Waals surface area contributed by atoms with E-state index < -0.39 is 5.41 Å². The topological polar surface area (TPSA) is 27.0 Å². The minimum Gasteiger partial charge on any atom is -0.377 e. The predicted molar refractivity (Wildman–Crippen MR) is 61.9 cm³/mol. The molecule has 0 atom stereocenters. The highest BCUT2D eigenvalue weighted by molar-refractivity contribution is 5.59. The Bertz CT molecular complexity index is 442. The van der Waals surface area contributed by atoms with E-state index >= 15 is 0 Å². The molecular formula is C13H15FN2. The first-order chi connectivity index (χ1) is 7.59. The van der Waals surface area contributed by atoms with Crippen molar-refractivity contribution in [1.82, 2.24) is 0 Å². The van der Waals surface area contributed by atoms with Gasteiger partial charge in [-0.3, -0.25) is 0 Å². The molecule has 0 spiro atoms. The molecule has 2 nitrogen and oxygen atoms in total. The zero-order valence-electron chi connectivity index (χ0n) is 9.63. The third-order valence-corrected chi connectivity index (χ3v) is 3.38. The molecule has 16 heavy (non-hydrogen) atoms. The van der Waals surface area contributed by atoms with Crippen molar-refractivity contribution in [2.75, 3.05) is 19.0 Å². The minimum absolute atomic E-state index is 0.262. The Kier molecular flexibility index (Phi) is 2.59. The van der Waals surface area contributed by atoms with Crippen LogP contribution in [0.25, 0.3) is 0 Å². The quantitative estimate of drug-likeness (QED) is 0.763. The van der Waals surface area contributed by atoms with Gasteiger partial charge in [-0.1, -0.05) is 0 Å². The normalized spacial score (nSPS) is 17.4. The fraction of sp³-hybridized carbons (Fsp3) is 0.462. The summed E-state index contributed by atoms with van der Waals surface area (Å²) in [6.07, 6.45) is 2.73. The van der Waals surface area contributed by atoms with Gasteiger partial charge in [-0.25, -0.2) is 4.39 Å². The van der Waals surface area contributed by atoms with Gasteiger partial charge in [0.25, 0.3) is 0 Å². The molecule has 1 saturated carbocycles. The molecule has 0 heterocycles. The monoisotopic (exact) mass is 218 g/mol. The van der Waals surface area contributed by atoms with Crippen molar-refractivity contribution in [3.63, 3.8) is 0 Å². The van der Waals surface area contributed by atoms with Crippen LogP contribution in [0.3, 0.4) is 0 Å². The van der Waals surface area contributed by atoms with Crippen molar-refractivity contribution in [3.05, 3.63) is 29.6 Å². The van der Waals surface area contributed by atoms with Gasteiger partial charge in [0.05, 0.1) is 11.5 Å². The maximum Gasteiger partial charge on any atom is 0.123 e. The number of halogens is 1. The molecule has 0 saturated heterocycles. The number of nitrogens with zero attached hydrogens (tertiary/aromatic N) is 2. The molecule has 84 valence electrons. The standard InChI is InChI=1S/C13H15FN2/c1-16(2)12-5-4-10(14)8-11(12)13(9-15)6-3-7-13/h4-5,8H,3,6-7H2,1-2H3. The molecule has 0 unspecified atom stereocenters. The van der Waals surface area contributed by atoms with Gasteiger partial charge in [-0.05, 0) is 43.0 Å². The predicted octanol–water partition coefficient (Wildman–Crippen LogP) is 2.84. The first-order valence-electron chi connectivity index (χ1n) is 5.48. The highest BCUT2D eigenvalue weighted by Gasteiger charge is 2.41. The van der Waals surface area contributed by atoms with Crippen LogP contribution in [0.2, 0.25) is 0 Å². The number of anilines is 1. The van der Waals surface area contributed by atoms with Crippen molar-refractivity contribution in [2.45, 2.75) is 24.7 Å². The minimum atomic E-state index is -0.457. The summed E-state index contributed by atoms with van der Waals surface area (Å²) in [5.41, 5.74) is 1.33. The lowest BCUT2D eigenvalue weighted by Gasteiger charge is -2.38. The first kappa shape index (κ1) is 10.9. The fourth-order valence-corrected chi connectivity index (χ4v) is 2.25. The smallest absolute Gasteiger partial charge is 0.123 e. The lowest BCUT2D eigenvalue weighted by molar-refractivity contribution is 0.323. The summed E-state index contributed by atoms with van der Waals surface area (Å²) in [5.74, 6) is -0.262. The van der Waals surface area contributed by atoms with Crippen LogP contribution in [-0.4, -0.2) is 14.1 Å². The fourth-order valence-electron chi connectivity index (χ4n) is 2.25. The Balaban J connectivity index is 2.54. The zero-order chi connectivity index (χ0) is 11.8. The molecule has 0 aromatic heterocycles. The summed E-state index contributed by atoms with van der Waals surface area (Å²) in [5, 5.41) is 9.30. The van der Waals surface area contributed by atoms with E-state index in [1.165, 1.54) is 12.1 Å². The molecule has 0 bridgehead atoms. The molecule has 1 aromatic rings. The molecule has 1 aliphatic rings. The molecule has 0 N–H and O–H groups in total. The number of nitriles is 1. The molecule has 0 amide bonds. The molecular weight excluding hydrogens is 203 g/mol. The van der Waals surface area contributed by atoms with Crippen molar-refractivity contribution in [1.29, 1.82) is 5.26 Å². The Morgan fingerprint density at radius 1 is 1.38 bits per heavy atom. The number of hydrogen-bond acceptors (Lipinski definition) is 2. The summed E-state index contributed by atoms with van der Waals surface area (Å²) in [6, 6.07) is 7.07. The summed E-state index contributed by atoms with van der Waals surface area (Å²) in [6.45, 7) is 0. The van der Waals surface area contributed by atoms with Gasteiger partial charge in [0.15, 0.2) is 0 Å². The Morgan fingerprint density at radius 2 is 2.06 bits per heavy atom. The Labute approximate surface area is 95.3 Å². The second-order valence-corrected chi connectivity index (χ2v) is 4.60. The maximum absolute atomic E-state index is 13.3. The average molecular weight is 218 g/mol. The Hall–Kier alpha value is -1.56. The van der Waals surface area contributed by atoms with E-state index in [9.17, 15) is 9.65 Å². The highest BCUT2D eigenvalue weighted by atomic mass is 19.1. The van der Waals surface area contributed by atoms with Gasteiger partial charge in [0.2, 0.25) is 0 Å². The van der Waals surface area contributed by atoms with Gasteiger partial charge < -0.3 is 4.90 Å². The van der Waals surface area contributed by atoms with E-state index in [0.29, 0.717) is 0 Å². The molecule has 2 rings (SSSR count). The molecule has 3 heteroatoms. The molecule has 1 fully saturated rings. The van der Waals surface area contributed by atoms with Crippen LogP contribution in [0.4, 0.5) is 10.1 Å². The lowest BCUT2D eigenvalue weighted by Crippen LogP contribution is -2.34. The largest absolute Gasteiger partial charge is 0.377 e. The van der Waals surface area contributed by atoms with E-state index in [0.717, 1.165) is 30.5 Å². The van der Waals surface area contributed by atoms with Gasteiger partial charge in [0, 0.05) is 19.8 Å². The van der Waals surface area contributed by atoms with E-state index in [2.05, 4.69) is 6.07 Å². The lowest BCUT2D eigenvalue weighted by atomic mass is 9.65. The van der Waals surface area contributed by atoms with E-state index in [1.807, 2.05) is 19.0 Å². The van der Waals surface area contributed by atoms with Crippen molar-refractivity contribution >= 4 is 5.69 Å². The van der Waals surface area contributed by atoms with E-state index in [-0.39, 0.29) is 5.82 Å². The van der Waals surface area contributed by atoms with Gasteiger partial charge in [-0.2, -0.15) is 5.26 Å². The molecule has 0 aliphatic heterocycles. The second kappa shape index (κ2) is 3.79. The first-order valence-corrected chi connectivity index (χ1v) is 5.48. The van der Waals surface area contributed by atoms with Gasteiger partial charge in [0.1, 0.15) is 5.82 Å². The summed E-state index contributed by atoms with van der Waals surface area (Å²) in [7, 11) is 3.83. The van der Waals surface area contributed by atoms with Crippen LogP contribution in [0.5, 0.6) is 0 Å². The zero-order valence-corrected chi connectivity index (χ0v) is 9.63. The number of benzene rings is 1. The summed E-state index contributed by atoms with van der Waals surface area (Å²) in [4.78, 5) is 1.94. The SMILES string of the molecule is CN(C)c1ccc(F)cc1C1(C#N)CCC1. The van der Waals surface area contributed by atoms with Crippen molar-refractivity contribution in [3.8, 4) is 6.07 Å².